The van der Waals surface area contributed by atoms with Crippen molar-refractivity contribution in [1.29, 1.82) is 0 Å². The lowest BCUT2D eigenvalue weighted by Crippen LogP contribution is -2.58. The van der Waals surface area contributed by atoms with Gasteiger partial charge in [0.05, 0.1) is 19.9 Å². The number of carbonyl (C=O) groups excluding carboxylic acids is 2. The SMILES string of the molecule is C=C[C@H]1CC(C(=O)OC)(C(=O)OC)[C@@H](c2ccccc2)N(c2ccccc2)O1. The topological polar surface area (TPSA) is 65.1 Å². The molecule has 2 aromatic rings. The van der Waals surface area contributed by atoms with Gasteiger partial charge in [-0.1, -0.05) is 54.6 Å². The molecule has 146 valence electrons. The van der Waals surface area contributed by atoms with E-state index in [0.29, 0.717) is 5.69 Å². The molecule has 0 saturated carbocycles. The molecule has 1 fully saturated rings. The summed E-state index contributed by atoms with van der Waals surface area (Å²) in [5.74, 6) is -1.35. The Labute approximate surface area is 164 Å². The Hall–Kier alpha value is -3.12. The number of carbonyl (C=O) groups is 2. The van der Waals surface area contributed by atoms with Crippen LogP contribution >= 0.6 is 0 Å². The molecule has 0 unspecified atom stereocenters. The summed E-state index contributed by atoms with van der Waals surface area (Å²) in [5.41, 5.74) is -0.206. The van der Waals surface area contributed by atoms with Crippen LogP contribution in [0.2, 0.25) is 0 Å². The molecule has 2 atom stereocenters. The number of esters is 2. The second-order valence-corrected chi connectivity index (χ2v) is 6.51. The first-order valence-corrected chi connectivity index (χ1v) is 8.94. The van der Waals surface area contributed by atoms with E-state index in [0.717, 1.165) is 5.56 Å². The number of hydrogen-bond acceptors (Lipinski definition) is 6. The van der Waals surface area contributed by atoms with Crippen LogP contribution in [0.15, 0.2) is 73.3 Å². The van der Waals surface area contributed by atoms with Gasteiger partial charge in [0.25, 0.3) is 0 Å². The zero-order valence-electron chi connectivity index (χ0n) is 15.9. The molecular formula is C22H23NO5. The van der Waals surface area contributed by atoms with E-state index < -0.39 is 29.5 Å². The first kappa shape index (κ1) is 19.6. The van der Waals surface area contributed by atoms with Crippen LogP contribution in [0, 0.1) is 5.41 Å². The highest BCUT2D eigenvalue weighted by atomic mass is 16.7. The normalized spacial score (nSPS) is 20.9. The van der Waals surface area contributed by atoms with Crippen molar-refractivity contribution in [2.75, 3.05) is 19.3 Å². The highest BCUT2D eigenvalue weighted by Gasteiger charge is 2.61. The van der Waals surface area contributed by atoms with E-state index in [9.17, 15) is 9.59 Å². The fraction of sp³-hybridized carbons (Fsp3) is 0.273. The van der Waals surface area contributed by atoms with Crippen molar-refractivity contribution in [3.63, 3.8) is 0 Å². The second-order valence-electron chi connectivity index (χ2n) is 6.51. The number of ether oxygens (including phenoxy) is 2. The zero-order chi connectivity index (χ0) is 20.1. The lowest BCUT2D eigenvalue weighted by Gasteiger charge is -2.48. The van der Waals surface area contributed by atoms with Gasteiger partial charge in [-0.05, 0) is 17.7 Å². The van der Waals surface area contributed by atoms with Crippen molar-refractivity contribution >= 4 is 17.6 Å². The monoisotopic (exact) mass is 381 g/mol. The maximum Gasteiger partial charge on any atom is 0.325 e. The summed E-state index contributed by atoms with van der Waals surface area (Å²) in [7, 11) is 2.53. The minimum atomic E-state index is -1.63. The largest absolute Gasteiger partial charge is 0.468 e. The van der Waals surface area contributed by atoms with Gasteiger partial charge >= 0.3 is 11.9 Å². The number of nitrogens with zero attached hydrogens (tertiary/aromatic N) is 1. The molecule has 0 aromatic heterocycles. The van der Waals surface area contributed by atoms with Gasteiger partial charge in [-0.3, -0.25) is 14.4 Å². The van der Waals surface area contributed by atoms with E-state index in [1.54, 1.807) is 11.1 Å². The average Bonchev–Trinajstić information content (AvgIpc) is 2.77. The van der Waals surface area contributed by atoms with E-state index in [4.69, 9.17) is 14.3 Å². The lowest BCUT2D eigenvalue weighted by molar-refractivity contribution is -0.183. The summed E-state index contributed by atoms with van der Waals surface area (Å²) >= 11 is 0. The molecule has 6 nitrogen and oxygen atoms in total. The number of benzene rings is 2. The molecule has 0 bridgehead atoms. The second kappa shape index (κ2) is 8.27. The van der Waals surface area contributed by atoms with Crippen LogP contribution in [0.5, 0.6) is 0 Å². The summed E-state index contributed by atoms with van der Waals surface area (Å²) < 4.78 is 10.2. The maximum absolute atomic E-state index is 13.1. The molecule has 3 rings (SSSR count). The third kappa shape index (κ3) is 3.27. The molecule has 0 N–H and O–H groups in total. The van der Waals surface area contributed by atoms with E-state index in [-0.39, 0.29) is 6.42 Å². The number of hydrogen-bond donors (Lipinski definition) is 0. The molecule has 0 radical (unpaired) electrons. The molecule has 1 heterocycles. The molecule has 2 aromatic carbocycles. The standard InChI is InChI=1S/C22H23NO5/c1-4-18-15-22(20(24)26-2,21(25)27-3)19(16-11-7-5-8-12-16)23(28-18)17-13-9-6-10-14-17/h4-14,18-19H,1,15H2,2-3H3/t18-,19+/m0/s1. The Balaban J connectivity index is 2.28. The summed E-state index contributed by atoms with van der Waals surface area (Å²) in [4.78, 5) is 32.3. The van der Waals surface area contributed by atoms with Crippen molar-refractivity contribution in [1.82, 2.24) is 0 Å². The van der Waals surface area contributed by atoms with Crippen LogP contribution in [-0.2, 0) is 23.9 Å². The first-order valence-electron chi connectivity index (χ1n) is 8.94. The minimum Gasteiger partial charge on any atom is -0.468 e. The third-order valence-corrected chi connectivity index (χ3v) is 4.96. The van der Waals surface area contributed by atoms with Crippen LogP contribution in [-0.4, -0.2) is 32.3 Å². The van der Waals surface area contributed by atoms with Gasteiger partial charge in [0, 0.05) is 6.42 Å². The first-order chi connectivity index (χ1) is 13.6. The molecule has 1 aliphatic rings. The third-order valence-electron chi connectivity index (χ3n) is 4.96. The minimum absolute atomic E-state index is 0.0543. The number of methoxy groups -OCH3 is 2. The van der Waals surface area contributed by atoms with Crippen molar-refractivity contribution < 1.29 is 23.9 Å². The van der Waals surface area contributed by atoms with Crippen molar-refractivity contribution in [3.05, 3.63) is 78.9 Å². The Morgan fingerprint density at radius 1 is 1.04 bits per heavy atom. The van der Waals surface area contributed by atoms with Crippen LogP contribution in [0.4, 0.5) is 5.69 Å². The van der Waals surface area contributed by atoms with Gasteiger partial charge in [-0.2, -0.15) is 0 Å². The fourth-order valence-electron chi connectivity index (χ4n) is 3.68. The van der Waals surface area contributed by atoms with Crippen molar-refractivity contribution in [2.45, 2.75) is 18.6 Å². The number of para-hydroxylation sites is 1. The highest BCUT2D eigenvalue weighted by molar-refractivity contribution is 6.02. The summed E-state index contributed by atoms with van der Waals surface area (Å²) in [6.07, 6.45) is 1.04. The Bertz CT molecular complexity index is 821. The average molecular weight is 381 g/mol. The Morgan fingerprint density at radius 2 is 1.57 bits per heavy atom. The Morgan fingerprint density at radius 3 is 2.07 bits per heavy atom. The van der Waals surface area contributed by atoms with Gasteiger partial charge in [-0.15, -0.1) is 6.58 Å². The van der Waals surface area contributed by atoms with Crippen LogP contribution in [0.3, 0.4) is 0 Å². The van der Waals surface area contributed by atoms with Gasteiger partial charge in [0.15, 0.2) is 5.41 Å². The summed E-state index contributed by atoms with van der Waals surface area (Å²) in [5, 5.41) is 1.58. The van der Waals surface area contributed by atoms with E-state index in [1.165, 1.54) is 14.2 Å². The van der Waals surface area contributed by atoms with E-state index >= 15 is 0 Å². The van der Waals surface area contributed by atoms with Crippen molar-refractivity contribution in [3.8, 4) is 0 Å². The predicted molar refractivity (Wildman–Crippen MR) is 104 cm³/mol. The quantitative estimate of drug-likeness (QED) is 0.449. The number of anilines is 1. The molecule has 1 saturated heterocycles. The van der Waals surface area contributed by atoms with E-state index in [2.05, 4.69) is 6.58 Å². The number of hydroxylamine groups is 1. The van der Waals surface area contributed by atoms with Gasteiger partial charge in [-0.25, -0.2) is 5.06 Å². The predicted octanol–water partition coefficient (Wildman–Crippen LogP) is 3.46. The molecule has 28 heavy (non-hydrogen) atoms. The molecule has 0 amide bonds. The van der Waals surface area contributed by atoms with E-state index in [1.807, 2.05) is 60.7 Å². The highest BCUT2D eigenvalue weighted by Crippen LogP contribution is 2.50. The van der Waals surface area contributed by atoms with Gasteiger partial charge < -0.3 is 9.47 Å². The summed E-state index contributed by atoms with van der Waals surface area (Å²) in [6, 6.07) is 17.8. The molecule has 0 aliphatic carbocycles. The maximum atomic E-state index is 13.1. The van der Waals surface area contributed by atoms with Crippen LogP contribution in [0.25, 0.3) is 0 Å². The molecule has 1 aliphatic heterocycles. The lowest BCUT2D eigenvalue weighted by atomic mass is 9.71. The smallest absolute Gasteiger partial charge is 0.325 e. The van der Waals surface area contributed by atoms with Gasteiger partial charge in [0.1, 0.15) is 12.1 Å². The van der Waals surface area contributed by atoms with Crippen molar-refractivity contribution in [2.24, 2.45) is 5.41 Å². The summed E-state index contributed by atoms with van der Waals surface area (Å²) in [6.45, 7) is 3.79. The zero-order valence-corrected chi connectivity index (χ0v) is 15.9. The van der Waals surface area contributed by atoms with Crippen LogP contribution < -0.4 is 5.06 Å². The van der Waals surface area contributed by atoms with Crippen LogP contribution in [0.1, 0.15) is 18.0 Å². The molecule has 6 heteroatoms. The van der Waals surface area contributed by atoms with Gasteiger partial charge in [0.2, 0.25) is 0 Å². The number of rotatable bonds is 5. The fourth-order valence-corrected chi connectivity index (χ4v) is 3.68. The molecule has 0 spiro atoms. The Kier molecular flexibility index (Phi) is 5.80. The molecular weight excluding hydrogens is 358 g/mol.